The molecule has 2 aromatic carbocycles. The van der Waals surface area contributed by atoms with Crippen molar-refractivity contribution in [3.63, 3.8) is 0 Å². The van der Waals surface area contributed by atoms with Crippen LogP contribution in [0.3, 0.4) is 0 Å². The fourth-order valence-corrected chi connectivity index (χ4v) is 2.46. The Labute approximate surface area is 145 Å². The van der Waals surface area contributed by atoms with E-state index >= 15 is 0 Å². The molecular formula is C19H18FN3O2. The van der Waals surface area contributed by atoms with Gasteiger partial charge in [0, 0.05) is 12.3 Å². The first-order chi connectivity index (χ1) is 12.2. The molecule has 6 heteroatoms. The third kappa shape index (κ3) is 4.23. The van der Waals surface area contributed by atoms with Crippen LogP contribution >= 0.6 is 0 Å². The number of halogens is 1. The molecule has 0 bridgehead atoms. The number of nitrogens with one attached hydrogen (secondary N) is 1. The number of amides is 1. The molecule has 0 aliphatic rings. The van der Waals surface area contributed by atoms with Crippen LogP contribution in [0.15, 0.2) is 60.8 Å². The molecular weight excluding hydrogens is 321 g/mol. The Balaban J connectivity index is 1.70. The fraction of sp³-hybridized carbons (Fsp3) is 0.158. The molecule has 1 N–H and O–H groups in total. The molecule has 5 nitrogen and oxygen atoms in total. The lowest BCUT2D eigenvalue weighted by molar-refractivity contribution is 0.102. The Kier molecular flexibility index (Phi) is 5.09. The summed E-state index contributed by atoms with van der Waals surface area (Å²) >= 11 is 0. The van der Waals surface area contributed by atoms with Gasteiger partial charge in [0.25, 0.3) is 5.91 Å². The molecule has 0 aliphatic heterocycles. The van der Waals surface area contributed by atoms with Crippen molar-refractivity contribution in [3.05, 3.63) is 77.7 Å². The number of ether oxygens (including phenoxy) is 1. The summed E-state index contributed by atoms with van der Waals surface area (Å²) in [5.74, 6) is 0.375. The molecule has 0 aliphatic carbocycles. The zero-order chi connectivity index (χ0) is 17.6. The van der Waals surface area contributed by atoms with Gasteiger partial charge in [-0.05, 0) is 36.8 Å². The van der Waals surface area contributed by atoms with E-state index in [2.05, 4.69) is 10.4 Å². The first-order valence-electron chi connectivity index (χ1n) is 7.97. The van der Waals surface area contributed by atoms with E-state index in [9.17, 15) is 9.18 Å². The highest BCUT2D eigenvalue weighted by atomic mass is 19.1. The summed E-state index contributed by atoms with van der Waals surface area (Å²) in [6.45, 7) is 2.76. The van der Waals surface area contributed by atoms with Gasteiger partial charge in [0.15, 0.2) is 5.82 Å². The van der Waals surface area contributed by atoms with E-state index in [0.717, 1.165) is 5.56 Å². The number of benzene rings is 2. The minimum atomic E-state index is -0.292. The summed E-state index contributed by atoms with van der Waals surface area (Å²) in [6.07, 6.45) is 1.73. The lowest BCUT2D eigenvalue weighted by Crippen LogP contribution is -2.14. The molecule has 128 valence electrons. The van der Waals surface area contributed by atoms with Crippen LogP contribution in [0.4, 0.5) is 10.2 Å². The van der Waals surface area contributed by atoms with Crippen molar-refractivity contribution in [3.8, 4) is 5.75 Å². The minimum absolute atomic E-state index is 0.286. The third-order valence-corrected chi connectivity index (χ3v) is 3.55. The van der Waals surface area contributed by atoms with Crippen LogP contribution in [0, 0.1) is 5.82 Å². The second-order valence-electron chi connectivity index (χ2n) is 5.41. The van der Waals surface area contributed by atoms with Crippen molar-refractivity contribution >= 4 is 11.7 Å². The first kappa shape index (κ1) is 16.7. The van der Waals surface area contributed by atoms with Crippen LogP contribution in [0.25, 0.3) is 0 Å². The molecule has 0 radical (unpaired) electrons. The van der Waals surface area contributed by atoms with E-state index < -0.39 is 0 Å². The van der Waals surface area contributed by atoms with Gasteiger partial charge in [-0.1, -0.05) is 24.3 Å². The number of carbonyl (C=O) groups is 1. The standard InChI is InChI=1S/C19H18FN3O2/c1-2-25-17-9-4-3-8-16(17)19(24)21-18-10-11-23(22-18)13-14-6-5-7-15(20)12-14/h3-12H,2,13H2,1H3,(H,21,22,24). The molecule has 3 rings (SSSR count). The topological polar surface area (TPSA) is 56.1 Å². The van der Waals surface area contributed by atoms with Crippen LogP contribution in [-0.4, -0.2) is 22.3 Å². The second kappa shape index (κ2) is 7.61. The van der Waals surface area contributed by atoms with E-state index in [1.807, 2.05) is 19.1 Å². The molecule has 1 heterocycles. The monoisotopic (exact) mass is 339 g/mol. The second-order valence-corrected chi connectivity index (χ2v) is 5.41. The zero-order valence-corrected chi connectivity index (χ0v) is 13.8. The molecule has 0 saturated heterocycles. The van der Waals surface area contributed by atoms with Crippen molar-refractivity contribution in [2.75, 3.05) is 11.9 Å². The van der Waals surface area contributed by atoms with E-state index in [0.29, 0.717) is 30.3 Å². The van der Waals surface area contributed by atoms with Gasteiger partial charge in [0.05, 0.1) is 18.7 Å². The average molecular weight is 339 g/mol. The van der Waals surface area contributed by atoms with Crippen molar-refractivity contribution < 1.29 is 13.9 Å². The smallest absolute Gasteiger partial charge is 0.260 e. The van der Waals surface area contributed by atoms with Crippen LogP contribution < -0.4 is 10.1 Å². The van der Waals surface area contributed by atoms with Crippen LogP contribution in [0.5, 0.6) is 5.75 Å². The predicted molar refractivity (Wildman–Crippen MR) is 93.3 cm³/mol. The zero-order valence-electron chi connectivity index (χ0n) is 13.8. The Bertz CT molecular complexity index is 876. The molecule has 0 fully saturated rings. The van der Waals surface area contributed by atoms with Crippen LogP contribution in [0.1, 0.15) is 22.8 Å². The van der Waals surface area contributed by atoms with Gasteiger partial charge in [-0.3, -0.25) is 9.48 Å². The molecule has 25 heavy (non-hydrogen) atoms. The van der Waals surface area contributed by atoms with Gasteiger partial charge in [-0.25, -0.2) is 4.39 Å². The lowest BCUT2D eigenvalue weighted by Gasteiger charge is -2.09. The van der Waals surface area contributed by atoms with Crippen LogP contribution in [-0.2, 0) is 6.54 Å². The fourth-order valence-electron chi connectivity index (χ4n) is 2.46. The largest absolute Gasteiger partial charge is 0.493 e. The maximum absolute atomic E-state index is 13.2. The minimum Gasteiger partial charge on any atom is -0.493 e. The number of aromatic nitrogens is 2. The average Bonchev–Trinajstić information content (AvgIpc) is 3.02. The summed E-state index contributed by atoms with van der Waals surface area (Å²) < 4.78 is 20.3. The Morgan fingerprint density at radius 1 is 1.20 bits per heavy atom. The molecule has 3 aromatic rings. The summed E-state index contributed by atoms with van der Waals surface area (Å²) in [6, 6.07) is 15.1. The summed E-state index contributed by atoms with van der Waals surface area (Å²) in [5, 5.41) is 7.05. The van der Waals surface area contributed by atoms with E-state index in [4.69, 9.17) is 4.74 Å². The van der Waals surface area contributed by atoms with Gasteiger partial charge < -0.3 is 10.1 Å². The molecule has 0 spiro atoms. The Morgan fingerprint density at radius 3 is 2.84 bits per heavy atom. The third-order valence-electron chi connectivity index (χ3n) is 3.55. The van der Waals surface area contributed by atoms with Gasteiger partial charge in [0.1, 0.15) is 11.6 Å². The van der Waals surface area contributed by atoms with Gasteiger partial charge >= 0.3 is 0 Å². The Hall–Kier alpha value is -3.15. The highest BCUT2D eigenvalue weighted by Crippen LogP contribution is 2.19. The number of para-hydroxylation sites is 1. The molecule has 1 aromatic heterocycles. The number of carbonyl (C=O) groups excluding carboxylic acids is 1. The van der Waals surface area contributed by atoms with E-state index in [-0.39, 0.29) is 11.7 Å². The summed E-state index contributed by atoms with van der Waals surface area (Å²) in [7, 11) is 0. The normalized spacial score (nSPS) is 10.5. The van der Waals surface area contributed by atoms with Gasteiger partial charge in [-0.15, -0.1) is 0 Å². The number of hydrogen-bond donors (Lipinski definition) is 1. The van der Waals surface area contributed by atoms with Crippen molar-refractivity contribution in [1.29, 1.82) is 0 Å². The van der Waals surface area contributed by atoms with Gasteiger partial charge in [0.2, 0.25) is 0 Å². The van der Waals surface area contributed by atoms with Crippen molar-refractivity contribution in [2.24, 2.45) is 0 Å². The molecule has 0 saturated carbocycles. The summed E-state index contributed by atoms with van der Waals surface area (Å²) in [5.41, 5.74) is 1.24. The first-order valence-corrected chi connectivity index (χ1v) is 7.97. The van der Waals surface area contributed by atoms with Crippen molar-refractivity contribution in [1.82, 2.24) is 9.78 Å². The SMILES string of the molecule is CCOc1ccccc1C(=O)Nc1ccn(Cc2cccc(F)c2)n1. The predicted octanol–water partition coefficient (Wildman–Crippen LogP) is 3.72. The van der Waals surface area contributed by atoms with Gasteiger partial charge in [-0.2, -0.15) is 5.10 Å². The molecule has 0 atom stereocenters. The van der Waals surface area contributed by atoms with E-state index in [1.54, 1.807) is 41.2 Å². The van der Waals surface area contributed by atoms with E-state index in [1.165, 1.54) is 12.1 Å². The number of hydrogen-bond acceptors (Lipinski definition) is 3. The lowest BCUT2D eigenvalue weighted by atomic mass is 10.2. The van der Waals surface area contributed by atoms with Crippen LogP contribution in [0.2, 0.25) is 0 Å². The highest BCUT2D eigenvalue weighted by Gasteiger charge is 2.13. The maximum atomic E-state index is 13.2. The number of nitrogens with zero attached hydrogens (tertiary/aromatic N) is 2. The number of rotatable bonds is 6. The number of anilines is 1. The summed E-state index contributed by atoms with van der Waals surface area (Å²) in [4.78, 5) is 12.4. The van der Waals surface area contributed by atoms with Crippen molar-refractivity contribution in [2.45, 2.75) is 13.5 Å². The maximum Gasteiger partial charge on any atom is 0.260 e. The molecule has 0 unspecified atom stereocenters. The Morgan fingerprint density at radius 2 is 2.04 bits per heavy atom. The quantitative estimate of drug-likeness (QED) is 0.745. The molecule has 1 amide bonds. The highest BCUT2D eigenvalue weighted by molar-refractivity contribution is 6.05.